The van der Waals surface area contributed by atoms with Gasteiger partial charge in [0.15, 0.2) is 0 Å². The molecule has 0 spiro atoms. The average molecular weight is 260 g/mol. The van der Waals surface area contributed by atoms with E-state index in [0.717, 1.165) is 0 Å². The highest BCUT2D eigenvalue weighted by molar-refractivity contribution is 5.45. The third-order valence-electron chi connectivity index (χ3n) is 2.18. The second-order valence-corrected chi connectivity index (χ2v) is 5.12. The molecule has 18 heavy (non-hydrogen) atoms. The highest BCUT2D eigenvalue weighted by Crippen LogP contribution is 2.22. The molecule has 7 heteroatoms. The van der Waals surface area contributed by atoms with Crippen LogP contribution < -0.4 is 11.1 Å². The van der Waals surface area contributed by atoms with Crippen molar-refractivity contribution in [3.63, 3.8) is 0 Å². The molecule has 0 aromatic carbocycles. The lowest BCUT2D eigenvalue weighted by Gasteiger charge is -2.19. The van der Waals surface area contributed by atoms with Crippen molar-refractivity contribution >= 4 is 11.6 Å². The van der Waals surface area contributed by atoms with Gasteiger partial charge in [0.2, 0.25) is 0 Å². The molecule has 0 unspecified atom stereocenters. The second-order valence-electron chi connectivity index (χ2n) is 5.12. The Hall–Kier alpha value is -1.50. The minimum Gasteiger partial charge on any atom is -0.390 e. The summed E-state index contributed by atoms with van der Waals surface area (Å²) in [5, 5.41) is 10.9. The molecule has 0 bridgehead atoms. The van der Waals surface area contributed by atoms with Crippen molar-refractivity contribution in [1.29, 1.82) is 0 Å². The molecule has 0 fully saturated rings. The molecule has 102 valence electrons. The smallest absolute Gasteiger partial charge is 0.287 e. The van der Waals surface area contributed by atoms with E-state index in [4.69, 9.17) is 10.8 Å². The highest BCUT2D eigenvalue weighted by Gasteiger charge is 2.27. The molecule has 1 aromatic heterocycles. The Kier molecular flexibility index (Phi) is 4.05. The van der Waals surface area contributed by atoms with Crippen LogP contribution in [0.5, 0.6) is 0 Å². The molecular formula is C11H18F2N4O. The summed E-state index contributed by atoms with van der Waals surface area (Å²) in [7, 11) is 0. The fourth-order valence-electron chi connectivity index (χ4n) is 1.17. The zero-order valence-electron chi connectivity index (χ0n) is 10.7. The first kappa shape index (κ1) is 14.6. The molecule has 0 saturated carbocycles. The zero-order chi connectivity index (χ0) is 14.0. The fraction of sp³-hybridized carbons (Fsp3) is 0.636. The van der Waals surface area contributed by atoms with Gasteiger partial charge in [-0.05, 0) is 0 Å². The topological polar surface area (TPSA) is 84.1 Å². The van der Waals surface area contributed by atoms with Crippen molar-refractivity contribution in [2.45, 2.75) is 32.1 Å². The molecule has 1 heterocycles. The summed E-state index contributed by atoms with van der Waals surface area (Å²) in [6, 6.07) is 1.38. The molecule has 0 aliphatic heterocycles. The molecule has 0 aliphatic carbocycles. The minimum absolute atomic E-state index is 0.213. The van der Waals surface area contributed by atoms with E-state index >= 15 is 0 Å². The van der Waals surface area contributed by atoms with Crippen molar-refractivity contribution in [2.75, 3.05) is 24.2 Å². The van der Waals surface area contributed by atoms with Gasteiger partial charge >= 0.3 is 0 Å². The van der Waals surface area contributed by atoms with Crippen LogP contribution in [0.25, 0.3) is 0 Å². The molecule has 5 nitrogen and oxygen atoms in total. The van der Waals surface area contributed by atoms with Crippen LogP contribution in [0.4, 0.5) is 20.4 Å². The first-order chi connectivity index (χ1) is 8.14. The van der Waals surface area contributed by atoms with E-state index in [9.17, 15) is 8.78 Å². The minimum atomic E-state index is -3.19. The van der Waals surface area contributed by atoms with E-state index in [1.165, 1.54) is 6.07 Å². The van der Waals surface area contributed by atoms with Gasteiger partial charge in [0.1, 0.15) is 24.1 Å². The standard InChI is InChI=1S/C11H18F2N4O/c1-10(2,3)9-16-7(14)4-8(17-9)15-5-11(12,13)6-18/h4,18H,5-6H2,1-3H3,(H3,14,15,16,17). The van der Waals surface area contributed by atoms with Gasteiger partial charge in [-0.1, -0.05) is 20.8 Å². The number of aliphatic hydroxyl groups excluding tert-OH is 1. The highest BCUT2D eigenvalue weighted by atomic mass is 19.3. The first-order valence-corrected chi connectivity index (χ1v) is 5.52. The lowest BCUT2D eigenvalue weighted by atomic mass is 9.96. The lowest BCUT2D eigenvalue weighted by Crippen LogP contribution is -2.31. The number of hydrogen-bond donors (Lipinski definition) is 3. The molecule has 0 amide bonds. The SMILES string of the molecule is CC(C)(C)c1nc(N)cc(NCC(F)(F)CO)n1. The van der Waals surface area contributed by atoms with Gasteiger partial charge in [-0.2, -0.15) is 0 Å². The Bertz CT molecular complexity index is 418. The Balaban J connectivity index is 2.88. The van der Waals surface area contributed by atoms with Gasteiger partial charge in [0.05, 0.1) is 6.54 Å². The van der Waals surface area contributed by atoms with Crippen LogP contribution in [0.3, 0.4) is 0 Å². The van der Waals surface area contributed by atoms with E-state index in [1.807, 2.05) is 20.8 Å². The second kappa shape index (κ2) is 5.01. The molecule has 1 aromatic rings. The van der Waals surface area contributed by atoms with Gasteiger partial charge < -0.3 is 16.2 Å². The van der Waals surface area contributed by atoms with E-state index in [1.54, 1.807) is 0 Å². The van der Waals surface area contributed by atoms with Crippen LogP contribution in [0.2, 0.25) is 0 Å². The van der Waals surface area contributed by atoms with Crippen molar-refractivity contribution in [3.8, 4) is 0 Å². The number of nitrogen functional groups attached to an aromatic ring is 1. The van der Waals surface area contributed by atoms with Crippen LogP contribution in [0, 0.1) is 0 Å². The van der Waals surface area contributed by atoms with E-state index in [2.05, 4.69) is 15.3 Å². The van der Waals surface area contributed by atoms with Gasteiger partial charge in [-0.3, -0.25) is 0 Å². The van der Waals surface area contributed by atoms with Crippen LogP contribution in [0.15, 0.2) is 6.07 Å². The summed E-state index contributed by atoms with van der Waals surface area (Å²) in [5.41, 5.74) is 5.27. The Morgan fingerprint density at radius 3 is 2.44 bits per heavy atom. The van der Waals surface area contributed by atoms with Crippen LogP contribution in [0.1, 0.15) is 26.6 Å². The third kappa shape index (κ3) is 4.06. The van der Waals surface area contributed by atoms with E-state index in [0.29, 0.717) is 5.82 Å². The summed E-state index contributed by atoms with van der Waals surface area (Å²) in [5.74, 6) is -2.29. The summed E-state index contributed by atoms with van der Waals surface area (Å²) >= 11 is 0. The molecule has 0 atom stereocenters. The Labute approximate surface area is 104 Å². The van der Waals surface area contributed by atoms with Crippen molar-refractivity contribution in [3.05, 3.63) is 11.9 Å². The predicted molar refractivity (Wildman–Crippen MR) is 65.7 cm³/mol. The van der Waals surface area contributed by atoms with Gasteiger partial charge in [0.25, 0.3) is 5.92 Å². The molecule has 0 radical (unpaired) electrons. The first-order valence-electron chi connectivity index (χ1n) is 5.52. The number of nitrogens with zero attached hydrogens (tertiary/aromatic N) is 2. The number of halogens is 2. The maximum absolute atomic E-state index is 12.9. The summed E-state index contributed by atoms with van der Waals surface area (Å²) in [4.78, 5) is 8.18. The molecule has 1 rings (SSSR count). The monoisotopic (exact) mass is 260 g/mol. The largest absolute Gasteiger partial charge is 0.390 e. The molecule has 0 saturated heterocycles. The summed E-state index contributed by atoms with van der Waals surface area (Å²) in [6.07, 6.45) is 0. The molecule has 4 N–H and O–H groups in total. The number of aliphatic hydroxyl groups is 1. The number of anilines is 2. The van der Waals surface area contributed by atoms with Crippen molar-refractivity contribution in [1.82, 2.24) is 9.97 Å². The number of nitrogens with two attached hydrogens (primary N) is 1. The molecule has 0 aliphatic rings. The number of nitrogens with one attached hydrogen (secondary N) is 1. The molecular weight excluding hydrogens is 242 g/mol. The van der Waals surface area contributed by atoms with Crippen LogP contribution >= 0.6 is 0 Å². The average Bonchev–Trinajstić information content (AvgIpc) is 2.25. The van der Waals surface area contributed by atoms with Crippen LogP contribution in [-0.2, 0) is 5.41 Å². The predicted octanol–water partition coefficient (Wildman–Crippen LogP) is 1.40. The van der Waals surface area contributed by atoms with E-state index in [-0.39, 0.29) is 17.1 Å². The summed E-state index contributed by atoms with van der Waals surface area (Å²) < 4.78 is 25.8. The van der Waals surface area contributed by atoms with Crippen molar-refractivity contribution in [2.24, 2.45) is 0 Å². The zero-order valence-corrected chi connectivity index (χ0v) is 10.7. The quantitative estimate of drug-likeness (QED) is 0.762. The maximum atomic E-state index is 12.9. The van der Waals surface area contributed by atoms with Gasteiger partial charge in [-0.25, -0.2) is 18.7 Å². The van der Waals surface area contributed by atoms with Crippen molar-refractivity contribution < 1.29 is 13.9 Å². The number of aromatic nitrogens is 2. The number of alkyl halides is 2. The Morgan fingerprint density at radius 2 is 1.94 bits per heavy atom. The van der Waals surface area contributed by atoms with Gasteiger partial charge in [0, 0.05) is 11.5 Å². The maximum Gasteiger partial charge on any atom is 0.287 e. The number of hydrogen-bond acceptors (Lipinski definition) is 5. The normalized spacial score (nSPS) is 12.6. The van der Waals surface area contributed by atoms with Gasteiger partial charge in [-0.15, -0.1) is 0 Å². The number of rotatable bonds is 4. The lowest BCUT2D eigenvalue weighted by molar-refractivity contribution is -0.0373. The summed E-state index contributed by atoms with van der Waals surface area (Å²) in [6.45, 7) is 3.77. The van der Waals surface area contributed by atoms with Crippen LogP contribution in [-0.4, -0.2) is 34.1 Å². The fourth-order valence-corrected chi connectivity index (χ4v) is 1.17. The van der Waals surface area contributed by atoms with E-state index < -0.39 is 19.1 Å². The Morgan fingerprint density at radius 1 is 1.33 bits per heavy atom. The third-order valence-corrected chi connectivity index (χ3v) is 2.18.